The predicted molar refractivity (Wildman–Crippen MR) is 46.2 cm³/mol. The lowest BCUT2D eigenvalue weighted by atomic mass is 10.2. The van der Waals surface area contributed by atoms with E-state index < -0.39 is 0 Å². The van der Waals surface area contributed by atoms with E-state index in [0.717, 1.165) is 0 Å². The molecule has 0 spiro atoms. The average Bonchev–Trinajstić information content (AvgIpc) is 2.20. The van der Waals surface area contributed by atoms with Crippen LogP contribution in [0.15, 0.2) is 29.4 Å². The second kappa shape index (κ2) is 4.32. The molecule has 5 nitrogen and oxygen atoms in total. The van der Waals surface area contributed by atoms with Crippen molar-refractivity contribution in [2.45, 2.75) is 0 Å². The topological polar surface area (TPSA) is 74.1 Å². The fraction of sp³-hybridized carbons (Fsp3) is 0.125. The Morgan fingerprint density at radius 2 is 2.15 bits per heavy atom. The van der Waals surface area contributed by atoms with Crippen LogP contribution in [0, 0.1) is 0 Å². The molecule has 13 heavy (non-hydrogen) atoms. The third-order valence-corrected chi connectivity index (χ3v) is 1.57. The van der Waals surface area contributed by atoms with Crippen LogP contribution >= 0.6 is 0 Å². The summed E-state index contributed by atoms with van der Waals surface area (Å²) in [4.78, 5) is 0. The number of hydroxylamine groups is 1. The second-order valence-electron chi connectivity index (χ2n) is 2.26. The third kappa shape index (κ3) is 1.88. The summed E-state index contributed by atoms with van der Waals surface area (Å²) in [5, 5.41) is 20.0. The summed E-state index contributed by atoms with van der Waals surface area (Å²) >= 11 is 0. The molecule has 0 fully saturated rings. The van der Waals surface area contributed by atoms with Gasteiger partial charge in [-0.3, -0.25) is 5.21 Å². The first-order chi connectivity index (χ1) is 6.33. The molecule has 5 heteroatoms. The van der Waals surface area contributed by atoms with E-state index in [1.54, 1.807) is 29.7 Å². The summed E-state index contributed by atoms with van der Waals surface area (Å²) < 4.78 is 4.99. The number of para-hydroxylation sites is 1. The predicted octanol–water partition coefficient (Wildman–Crippen LogP) is 0.810. The molecule has 3 N–H and O–H groups in total. The molecule has 0 saturated carbocycles. The van der Waals surface area contributed by atoms with Crippen molar-refractivity contribution in [3.05, 3.63) is 29.8 Å². The molecule has 1 rings (SSSR count). The highest BCUT2D eigenvalue weighted by Gasteiger charge is 2.08. The van der Waals surface area contributed by atoms with Gasteiger partial charge in [0, 0.05) is 0 Å². The van der Waals surface area contributed by atoms with Crippen molar-refractivity contribution in [2.75, 3.05) is 7.11 Å². The number of ether oxygens (including phenoxy) is 1. The van der Waals surface area contributed by atoms with Crippen LogP contribution < -0.4 is 10.2 Å². The van der Waals surface area contributed by atoms with E-state index in [9.17, 15) is 0 Å². The van der Waals surface area contributed by atoms with Gasteiger partial charge in [-0.2, -0.15) is 0 Å². The number of hydrogen-bond acceptors (Lipinski definition) is 4. The zero-order valence-electron chi connectivity index (χ0n) is 7.06. The maximum absolute atomic E-state index is 8.60. The highest BCUT2D eigenvalue weighted by atomic mass is 16.5. The molecule has 0 aliphatic heterocycles. The minimum atomic E-state index is -0.0579. The minimum Gasteiger partial charge on any atom is -0.496 e. The zero-order valence-corrected chi connectivity index (χ0v) is 7.06. The Labute approximate surface area is 75.2 Å². The average molecular weight is 182 g/mol. The molecule has 0 radical (unpaired) electrons. The van der Waals surface area contributed by atoms with Gasteiger partial charge in [0.2, 0.25) is 0 Å². The standard InChI is InChI=1S/C8H10N2O3/c1-13-7-5-3-2-4-6(7)8(9-11)10-12/h2-5,11-12H,1H3,(H,9,10). The maximum atomic E-state index is 8.60. The van der Waals surface area contributed by atoms with Crippen molar-refractivity contribution in [1.82, 2.24) is 5.48 Å². The maximum Gasteiger partial charge on any atom is 0.199 e. The van der Waals surface area contributed by atoms with Crippen LogP contribution in [0.4, 0.5) is 0 Å². The van der Waals surface area contributed by atoms with Crippen molar-refractivity contribution >= 4 is 5.84 Å². The normalized spacial score (nSPS) is 11.1. The highest BCUT2D eigenvalue weighted by molar-refractivity contribution is 5.99. The van der Waals surface area contributed by atoms with Crippen LogP contribution in [-0.2, 0) is 0 Å². The molecule has 0 aromatic heterocycles. The summed E-state index contributed by atoms with van der Waals surface area (Å²) in [5.41, 5.74) is 2.24. The number of methoxy groups -OCH3 is 1. The van der Waals surface area contributed by atoms with Gasteiger partial charge >= 0.3 is 0 Å². The number of rotatable bonds is 2. The van der Waals surface area contributed by atoms with Crippen LogP contribution in [-0.4, -0.2) is 23.4 Å². The van der Waals surface area contributed by atoms with E-state index in [1.165, 1.54) is 7.11 Å². The van der Waals surface area contributed by atoms with Crippen molar-refractivity contribution in [1.29, 1.82) is 0 Å². The van der Waals surface area contributed by atoms with Crippen molar-refractivity contribution in [3.63, 3.8) is 0 Å². The SMILES string of the molecule is COc1ccccc1C(=NO)NO. The molecule has 70 valence electrons. The van der Waals surface area contributed by atoms with E-state index in [0.29, 0.717) is 11.3 Å². The Hall–Kier alpha value is -1.75. The van der Waals surface area contributed by atoms with Gasteiger partial charge in [-0.05, 0) is 12.1 Å². The van der Waals surface area contributed by atoms with E-state index in [1.807, 2.05) is 0 Å². The fourth-order valence-electron chi connectivity index (χ4n) is 0.977. The van der Waals surface area contributed by atoms with Crippen molar-refractivity contribution in [2.24, 2.45) is 5.16 Å². The summed E-state index contributed by atoms with van der Waals surface area (Å²) in [5.74, 6) is 0.453. The summed E-state index contributed by atoms with van der Waals surface area (Å²) in [7, 11) is 1.49. The smallest absolute Gasteiger partial charge is 0.199 e. The molecule has 0 aliphatic rings. The van der Waals surface area contributed by atoms with Gasteiger partial charge in [0.1, 0.15) is 5.75 Å². The Balaban J connectivity index is 3.12. The van der Waals surface area contributed by atoms with Gasteiger partial charge < -0.3 is 9.94 Å². The molecule has 0 atom stereocenters. The lowest BCUT2D eigenvalue weighted by molar-refractivity contribution is 0.223. The summed E-state index contributed by atoms with van der Waals surface area (Å²) in [6.07, 6.45) is 0. The Morgan fingerprint density at radius 3 is 2.69 bits per heavy atom. The number of nitrogens with one attached hydrogen (secondary N) is 1. The second-order valence-corrected chi connectivity index (χ2v) is 2.26. The zero-order chi connectivity index (χ0) is 9.68. The molecular weight excluding hydrogens is 172 g/mol. The van der Waals surface area contributed by atoms with E-state index in [-0.39, 0.29) is 5.84 Å². The first kappa shape index (κ1) is 9.34. The summed E-state index contributed by atoms with van der Waals surface area (Å²) in [6, 6.07) is 6.85. The number of oxime groups is 1. The van der Waals surface area contributed by atoms with Crippen LogP contribution in [0.25, 0.3) is 0 Å². The number of amidine groups is 1. The number of hydrogen-bond donors (Lipinski definition) is 3. The van der Waals surface area contributed by atoms with E-state index in [2.05, 4.69) is 5.16 Å². The first-order valence-corrected chi connectivity index (χ1v) is 3.59. The monoisotopic (exact) mass is 182 g/mol. The van der Waals surface area contributed by atoms with Crippen LogP contribution in [0.2, 0.25) is 0 Å². The number of benzene rings is 1. The van der Waals surface area contributed by atoms with Crippen LogP contribution in [0.3, 0.4) is 0 Å². The molecule has 0 aliphatic carbocycles. The molecule has 0 amide bonds. The highest BCUT2D eigenvalue weighted by Crippen LogP contribution is 2.16. The quantitative estimate of drug-likeness (QED) is 0.274. The molecular formula is C8H10N2O3. The van der Waals surface area contributed by atoms with Gasteiger partial charge in [0.05, 0.1) is 12.7 Å². The van der Waals surface area contributed by atoms with Gasteiger partial charge in [-0.1, -0.05) is 17.3 Å². The molecule has 0 heterocycles. The molecule has 0 unspecified atom stereocenters. The number of nitrogens with zero attached hydrogens (tertiary/aromatic N) is 1. The van der Waals surface area contributed by atoms with Gasteiger partial charge in [0.25, 0.3) is 0 Å². The van der Waals surface area contributed by atoms with Gasteiger partial charge in [-0.25, -0.2) is 5.48 Å². The van der Waals surface area contributed by atoms with Gasteiger partial charge in [-0.15, -0.1) is 0 Å². The molecule has 0 saturated heterocycles. The van der Waals surface area contributed by atoms with E-state index in [4.69, 9.17) is 15.2 Å². The largest absolute Gasteiger partial charge is 0.496 e. The lowest BCUT2D eigenvalue weighted by Gasteiger charge is -2.07. The van der Waals surface area contributed by atoms with Crippen LogP contribution in [0.1, 0.15) is 5.56 Å². The molecule has 1 aromatic carbocycles. The van der Waals surface area contributed by atoms with Crippen molar-refractivity contribution in [3.8, 4) is 5.75 Å². The first-order valence-electron chi connectivity index (χ1n) is 3.59. The fourth-order valence-corrected chi connectivity index (χ4v) is 0.977. The van der Waals surface area contributed by atoms with E-state index >= 15 is 0 Å². The van der Waals surface area contributed by atoms with Crippen molar-refractivity contribution < 1.29 is 15.2 Å². The third-order valence-electron chi connectivity index (χ3n) is 1.57. The molecule has 0 bridgehead atoms. The molecule has 1 aromatic rings. The minimum absolute atomic E-state index is 0.0579. The Bertz CT molecular complexity index is 312. The van der Waals surface area contributed by atoms with Gasteiger partial charge in [0.15, 0.2) is 5.84 Å². The summed E-state index contributed by atoms with van der Waals surface area (Å²) in [6.45, 7) is 0. The van der Waals surface area contributed by atoms with Crippen LogP contribution in [0.5, 0.6) is 5.75 Å². The Morgan fingerprint density at radius 1 is 1.46 bits per heavy atom. The Kier molecular flexibility index (Phi) is 3.10. The lowest BCUT2D eigenvalue weighted by Crippen LogP contribution is -2.20.